The van der Waals surface area contributed by atoms with Crippen molar-refractivity contribution in [2.24, 2.45) is 0 Å². The third-order valence-electron chi connectivity index (χ3n) is 3.47. The number of esters is 1. The maximum Gasteiger partial charge on any atom is 0.397 e. The van der Waals surface area contributed by atoms with Gasteiger partial charge in [0.15, 0.2) is 0 Å². The molecule has 5 heteroatoms. The van der Waals surface area contributed by atoms with E-state index >= 15 is 0 Å². The lowest BCUT2D eigenvalue weighted by atomic mass is 9.95. The van der Waals surface area contributed by atoms with Gasteiger partial charge >= 0.3 is 11.9 Å². The second-order valence-corrected chi connectivity index (χ2v) is 4.78. The summed E-state index contributed by atoms with van der Waals surface area (Å²) in [5, 5.41) is 0. The van der Waals surface area contributed by atoms with Crippen molar-refractivity contribution in [1.82, 2.24) is 4.90 Å². The van der Waals surface area contributed by atoms with Crippen molar-refractivity contribution in [2.45, 2.75) is 32.2 Å². The van der Waals surface area contributed by atoms with Crippen molar-refractivity contribution in [2.75, 3.05) is 13.2 Å². The van der Waals surface area contributed by atoms with E-state index in [-0.39, 0.29) is 18.5 Å². The summed E-state index contributed by atoms with van der Waals surface area (Å²) in [4.78, 5) is 25.3. The number of halogens is 1. The summed E-state index contributed by atoms with van der Waals surface area (Å²) < 4.78 is 17.8. The van der Waals surface area contributed by atoms with E-state index < -0.39 is 11.9 Å². The summed E-state index contributed by atoms with van der Waals surface area (Å²) in [6, 6.07) is 5.89. The molecule has 108 valence electrons. The molecular weight excluding hydrogens is 261 g/mol. The second-order valence-electron chi connectivity index (χ2n) is 4.78. The monoisotopic (exact) mass is 279 g/mol. The first-order chi connectivity index (χ1) is 9.63. The fraction of sp³-hybridized carbons (Fsp3) is 0.467. The lowest BCUT2D eigenvalue weighted by Gasteiger charge is -2.35. The predicted molar refractivity (Wildman–Crippen MR) is 71.3 cm³/mol. The Morgan fingerprint density at radius 1 is 1.30 bits per heavy atom. The number of rotatable bonds is 2. The molecule has 0 N–H and O–H groups in total. The van der Waals surface area contributed by atoms with Gasteiger partial charge in [-0.3, -0.25) is 4.79 Å². The number of ether oxygens (including phenoxy) is 1. The van der Waals surface area contributed by atoms with E-state index in [2.05, 4.69) is 0 Å². The number of carbonyl (C=O) groups is 2. The molecule has 0 aromatic heterocycles. The minimum absolute atomic E-state index is 0.179. The van der Waals surface area contributed by atoms with Crippen LogP contribution in [0.3, 0.4) is 0 Å². The third-order valence-corrected chi connectivity index (χ3v) is 3.47. The summed E-state index contributed by atoms with van der Waals surface area (Å²) in [6.45, 7) is 2.37. The number of hydrogen-bond acceptors (Lipinski definition) is 3. The van der Waals surface area contributed by atoms with Gasteiger partial charge < -0.3 is 9.64 Å². The Kier molecular flexibility index (Phi) is 4.71. The normalized spacial score (nSPS) is 18.7. The van der Waals surface area contributed by atoms with Crippen LogP contribution in [-0.4, -0.2) is 29.9 Å². The molecule has 2 rings (SSSR count). The van der Waals surface area contributed by atoms with E-state index in [0.717, 1.165) is 24.8 Å². The van der Waals surface area contributed by atoms with Crippen LogP contribution in [0.5, 0.6) is 0 Å². The Morgan fingerprint density at radius 2 is 2.00 bits per heavy atom. The zero-order valence-corrected chi connectivity index (χ0v) is 11.5. The van der Waals surface area contributed by atoms with Crippen molar-refractivity contribution < 1.29 is 18.7 Å². The highest BCUT2D eigenvalue weighted by Crippen LogP contribution is 2.31. The molecule has 1 saturated heterocycles. The van der Waals surface area contributed by atoms with Crippen LogP contribution in [0, 0.1) is 5.82 Å². The molecule has 0 bridgehead atoms. The smallest absolute Gasteiger partial charge is 0.397 e. The van der Waals surface area contributed by atoms with Gasteiger partial charge in [0.25, 0.3) is 0 Å². The molecule has 0 saturated carbocycles. The van der Waals surface area contributed by atoms with Gasteiger partial charge in [0, 0.05) is 6.54 Å². The predicted octanol–water partition coefficient (Wildman–Crippen LogP) is 2.44. The molecule has 1 aliphatic rings. The van der Waals surface area contributed by atoms with Gasteiger partial charge in [-0.15, -0.1) is 0 Å². The van der Waals surface area contributed by atoms with Crippen molar-refractivity contribution in [3.05, 3.63) is 35.6 Å². The maximum atomic E-state index is 13.0. The zero-order valence-electron chi connectivity index (χ0n) is 11.5. The maximum absolute atomic E-state index is 13.0. The molecule has 1 aliphatic heterocycles. The summed E-state index contributed by atoms with van der Waals surface area (Å²) in [6.07, 6.45) is 2.62. The van der Waals surface area contributed by atoms with Crippen LogP contribution in [0.2, 0.25) is 0 Å². The molecule has 1 heterocycles. The van der Waals surface area contributed by atoms with Gasteiger partial charge in [-0.2, -0.15) is 0 Å². The fourth-order valence-electron chi connectivity index (χ4n) is 2.52. The molecule has 0 radical (unpaired) electrons. The Hall–Kier alpha value is -1.91. The Bertz CT molecular complexity index is 486. The van der Waals surface area contributed by atoms with Gasteiger partial charge in [-0.1, -0.05) is 12.1 Å². The third kappa shape index (κ3) is 3.15. The number of hydrogen-bond donors (Lipinski definition) is 0. The Morgan fingerprint density at radius 3 is 2.65 bits per heavy atom. The van der Waals surface area contributed by atoms with E-state index in [1.165, 1.54) is 17.0 Å². The number of benzene rings is 1. The number of piperidine rings is 1. The van der Waals surface area contributed by atoms with Crippen molar-refractivity contribution >= 4 is 11.9 Å². The standard InChI is InChI=1S/C15H18FNO3/c1-2-20-15(19)14(18)17-10-4-3-5-13(17)11-6-8-12(16)9-7-11/h6-9,13H,2-5,10H2,1H3/t13-/m0/s1. The summed E-state index contributed by atoms with van der Waals surface area (Å²) in [5.41, 5.74) is 0.851. The molecule has 20 heavy (non-hydrogen) atoms. The number of carbonyl (C=O) groups excluding carboxylic acids is 2. The van der Waals surface area contributed by atoms with E-state index in [1.54, 1.807) is 19.1 Å². The fourth-order valence-corrected chi connectivity index (χ4v) is 2.52. The highest BCUT2D eigenvalue weighted by atomic mass is 19.1. The van der Waals surface area contributed by atoms with Gasteiger partial charge in [0.2, 0.25) is 0 Å². The van der Waals surface area contributed by atoms with Crippen LogP contribution >= 0.6 is 0 Å². The summed E-state index contributed by atoms with van der Waals surface area (Å²) >= 11 is 0. The highest BCUT2D eigenvalue weighted by Gasteiger charge is 2.32. The minimum atomic E-state index is -0.818. The van der Waals surface area contributed by atoms with E-state index in [1.807, 2.05) is 0 Å². The van der Waals surface area contributed by atoms with E-state index in [0.29, 0.717) is 6.54 Å². The first-order valence-corrected chi connectivity index (χ1v) is 6.86. The van der Waals surface area contributed by atoms with Gasteiger partial charge in [-0.05, 0) is 43.9 Å². The molecule has 1 aromatic rings. The molecule has 1 amide bonds. The number of likely N-dealkylation sites (tertiary alicyclic amines) is 1. The van der Waals surface area contributed by atoms with Gasteiger partial charge in [0.1, 0.15) is 5.82 Å². The molecule has 1 atom stereocenters. The average molecular weight is 279 g/mol. The quantitative estimate of drug-likeness (QED) is 0.617. The van der Waals surface area contributed by atoms with Crippen molar-refractivity contribution in [3.8, 4) is 0 Å². The van der Waals surface area contributed by atoms with Crippen LogP contribution in [0.25, 0.3) is 0 Å². The molecule has 4 nitrogen and oxygen atoms in total. The first kappa shape index (κ1) is 14.5. The van der Waals surface area contributed by atoms with Crippen LogP contribution in [0.4, 0.5) is 4.39 Å². The van der Waals surface area contributed by atoms with E-state index in [4.69, 9.17) is 4.74 Å². The SMILES string of the molecule is CCOC(=O)C(=O)N1CCCC[C@H]1c1ccc(F)cc1. The number of amides is 1. The minimum Gasteiger partial charge on any atom is -0.459 e. The highest BCUT2D eigenvalue weighted by molar-refractivity contribution is 6.32. The Labute approximate surface area is 117 Å². The Balaban J connectivity index is 2.18. The van der Waals surface area contributed by atoms with E-state index in [9.17, 15) is 14.0 Å². The molecule has 1 fully saturated rings. The lowest BCUT2D eigenvalue weighted by molar-refractivity contribution is -0.161. The second kappa shape index (κ2) is 6.50. The van der Waals surface area contributed by atoms with Crippen LogP contribution in [-0.2, 0) is 14.3 Å². The zero-order chi connectivity index (χ0) is 14.5. The van der Waals surface area contributed by atoms with Crippen molar-refractivity contribution in [1.29, 1.82) is 0 Å². The largest absolute Gasteiger partial charge is 0.459 e. The summed E-state index contributed by atoms with van der Waals surface area (Å²) in [5.74, 6) is -1.74. The van der Waals surface area contributed by atoms with Crippen LogP contribution in [0.15, 0.2) is 24.3 Å². The first-order valence-electron chi connectivity index (χ1n) is 6.86. The van der Waals surface area contributed by atoms with Crippen LogP contribution in [0.1, 0.15) is 37.8 Å². The van der Waals surface area contributed by atoms with Crippen LogP contribution < -0.4 is 0 Å². The number of nitrogens with zero attached hydrogens (tertiary/aromatic N) is 1. The van der Waals surface area contributed by atoms with Gasteiger partial charge in [-0.25, -0.2) is 9.18 Å². The van der Waals surface area contributed by atoms with Crippen molar-refractivity contribution in [3.63, 3.8) is 0 Å². The lowest BCUT2D eigenvalue weighted by Crippen LogP contribution is -2.43. The molecule has 0 aliphatic carbocycles. The molecular formula is C15H18FNO3. The molecule has 0 spiro atoms. The van der Waals surface area contributed by atoms with Gasteiger partial charge in [0.05, 0.1) is 12.6 Å². The summed E-state index contributed by atoms with van der Waals surface area (Å²) in [7, 11) is 0. The average Bonchev–Trinajstić information content (AvgIpc) is 2.47. The molecule has 1 aromatic carbocycles. The topological polar surface area (TPSA) is 46.6 Å². The molecule has 0 unspecified atom stereocenters.